The van der Waals surface area contributed by atoms with Crippen LogP contribution in [-0.2, 0) is 36.0 Å². The molecule has 218 valence electrons. The summed E-state index contributed by atoms with van der Waals surface area (Å²) in [6, 6.07) is 7.68. The summed E-state index contributed by atoms with van der Waals surface area (Å²) in [5.41, 5.74) is 3.57. The van der Waals surface area contributed by atoms with Crippen LogP contribution in [0.15, 0.2) is 39.3 Å². The standard InChI is InChI=1S/C33H36Br2O6/c1-5-9-19-21(11-7-3)29(34)25(16-27(19)36)33(24-14-13-18(31(38)39)15-23(24)32(40)41-33)26-17-28(37)20(10-6-2)22(12-8-4)30(26)35/h13-17,36-37H,5-12H2,1-4H3,(H,38,39). The molecule has 0 radical (unpaired) electrons. The Hall–Kier alpha value is -2.84. The van der Waals surface area contributed by atoms with Gasteiger partial charge in [-0.2, -0.15) is 0 Å². The Labute approximate surface area is 258 Å². The van der Waals surface area contributed by atoms with E-state index in [0.717, 1.165) is 47.9 Å². The van der Waals surface area contributed by atoms with Crippen LogP contribution >= 0.6 is 31.9 Å². The quantitative estimate of drug-likeness (QED) is 0.175. The third-order valence-corrected chi connectivity index (χ3v) is 9.59. The number of carbonyl (C=O) groups is 2. The topological polar surface area (TPSA) is 104 Å². The number of carboxylic acid groups (broad SMARTS) is 1. The maximum Gasteiger partial charge on any atom is 0.340 e. The zero-order chi connectivity index (χ0) is 30.1. The molecule has 3 N–H and O–H groups in total. The normalized spacial score (nSPS) is 13.8. The number of rotatable bonds is 11. The second-order valence-corrected chi connectivity index (χ2v) is 12.2. The Morgan fingerprint density at radius 3 is 1.59 bits per heavy atom. The van der Waals surface area contributed by atoms with Crippen molar-refractivity contribution in [3.63, 3.8) is 0 Å². The molecular formula is C33H36Br2O6. The second-order valence-electron chi connectivity index (χ2n) is 10.6. The first-order chi connectivity index (χ1) is 19.6. The average Bonchev–Trinajstić information content (AvgIpc) is 3.24. The Balaban J connectivity index is 2.19. The van der Waals surface area contributed by atoms with Crippen molar-refractivity contribution < 1.29 is 29.6 Å². The highest BCUT2D eigenvalue weighted by Gasteiger charge is 2.52. The summed E-state index contributed by atoms with van der Waals surface area (Å²) in [4.78, 5) is 25.4. The molecule has 6 nitrogen and oxygen atoms in total. The number of phenols is 2. The number of aromatic hydroxyl groups is 2. The van der Waals surface area contributed by atoms with Gasteiger partial charge in [-0.1, -0.05) is 91.3 Å². The number of halogens is 2. The molecule has 1 aliphatic heterocycles. The fraction of sp³-hybridized carbons (Fsp3) is 0.394. The Kier molecular flexibility index (Phi) is 9.54. The van der Waals surface area contributed by atoms with Crippen molar-refractivity contribution in [3.8, 4) is 11.5 Å². The zero-order valence-electron chi connectivity index (χ0n) is 23.9. The van der Waals surface area contributed by atoms with Gasteiger partial charge in [0, 0.05) is 25.6 Å². The number of hydrogen-bond acceptors (Lipinski definition) is 5. The summed E-state index contributed by atoms with van der Waals surface area (Å²) >= 11 is 7.69. The molecule has 0 unspecified atom stereocenters. The molecule has 0 saturated heterocycles. The van der Waals surface area contributed by atoms with Gasteiger partial charge in [-0.15, -0.1) is 0 Å². The molecule has 0 aromatic heterocycles. The lowest BCUT2D eigenvalue weighted by molar-refractivity contribution is 0.0245. The number of carbonyl (C=O) groups excluding carboxylic acids is 1. The van der Waals surface area contributed by atoms with Crippen LogP contribution in [0.4, 0.5) is 0 Å². The molecule has 4 rings (SSSR count). The van der Waals surface area contributed by atoms with Crippen molar-refractivity contribution in [2.24, 2.45) is 0 Å². The van der Waals surface area contributed by atoms with Crippen LogP contribution in [-0.4, -0.2) is 27.3 Å². The largest absolute Gasteiger partial charge is 0.508 e. The number of esters is 1. The summed E-state index contributed by atoms with van der Waals surface area (Å²) in [5, 5.41) is 32.4. The molecule has 3 aromatic carbocycles. The van der Waals surface area contributed by atoms with E-state index >= 15 is 0 Å². The maximum absolute atomic E-state index is 13.6. The fourth-order valence-electron chi connectivity index (χ4n) is 6.01. The van der Waals surface area contributed by atoms with E-state index in [2.05, 4.69) is 59.6 Å². The monoisotopic (exact) mass is 686 g/mol. The summed E-state index contributed by atoms with van der Waals surface area (Å²) in [6.07, 6.45) is 6.10. The van der Waals surface area contributed by atoms with E-state index in [1.54, 1.807) is 18.2 Å². The van der Waals surface area contributed by atoms with Crippen molar-refractivity contribution in [2.45, 2.75) is 84.7 Å². The number of cyclic esters (lactones) is 1. The van der Waals surface area contributed by atoms with Gasteiger partial charge in [0.1, 0.15) is 11.5 Å². The smallest absolute Gasteiger partial charge is 0.340 e. The lowest BCUT2D eigenvalue weighted by atomic mass is 9.76. The fourth-order valence-corrected chi connectivity index (χ4v) is 7.67. The highest BCUT2D eigenvalue weighted by molar-refractivity contribution is 9.11. The summed E-state index contributed by atoms with van der Waals surface area (Å²) in [5.74, 6) is -1.61. The van der Waals surface area contributed by atoms with Crippen molar-refractivity contribution >= 4 is 43.8 Å². The molecule has 8 heteroatoms. The summed E-state index contributed by atoms with van der Waals surface area (Å²) < 4.78 is 7.78. The third kappa shape index (κ3) is 5.29. The van der Waals surface area contributed by atoms with Gasteiger partial charge in [0.25, 0.3) is 0 Å². The molecular weight excluding hydrogens is 652 g/mol. The minimum Gasteiger partial charge on any atom is -0.508 e. The number of ether oxygens (including phenoxy) is 1. The van der Waals surface area contributed by atoms with Gasteiger partial charge in [-0.3, -0.25) is 0 Å². The van der Waals surface area contributed by atoms with E-state index in [1.807, 2.05) is 0 Å². The highest BCUT2D eigenvalue weighted by Crippen LogP contribution is 2.55. The SMILES string of the molecule is CCCc1c(O)cc(C2(c3cc(O)c(CCC)c(CCC)c3Br)OC(=O)c3cc(C(=O)O)ccc32)c(Br)c1CCC. The lowest BCUT2D eigenvalue weighted by Gasteiger charge is -2.34. The third-order valence-electron chi connectivity index (χ3n) is 7.78. The van der Waals surface area contributed by atoms with Gasteiger partial charge in [0.2, 0.25) is 0 Å². The molecule has 0 fully saturated rings. The second kappa shape index (κ2) is 12.6. The summed E-state index contributed by atoms with van der Waals surface area (Å²) in [7, 11) is 0. The summed E-state index contributed by atoms with van der Waals surface area (Å²) in [6.45, 7) is 8.25. The van der Waals surface area contributed by atoms with E-state index < -0.39 is 17.5 Å². The molecule has 1 heterocycles. The van der Waals surface area contributed by atoms with Crippen LogP contribution in [0.3, 0.4) is 0 Å². The van der Waals surface area contributed by atoms with Crippen molar-refractivity contribution in [2.75, 3.05) is 0 Å². The van der Waals surface area contributed by atoms with Gasteiger partial charge < -0.3 is 20.1 Å². The predicted octanol–water partition coefficient (Wildman–Crippen LogP) is 8.59. The lowest BCUT2D eigenvalue weighted by Crippen LogP contribution is -2.31. The van der Waals surface area contributed by atoms with E-state index in [4.69, 9.17) is 4.74 Å². The number of phenolic OH excluding ortho intramolecular Hbond substituents is 2. The van der Waals surface area contributed by atoms with Gasteiger partial charge >= 0.3 is 11.9 Å². The van der Waals surface area contributed by atoms with Crippen molar-refractivity contribution in [1.29, 1.82) is 0 Å². The van der Waals surface area contributed by atoms with Gasteiger partial charge in [0.05, 0.1) is 11.1 Å². The molecule has 3 aromatic rings. The van der Waals surface area contributed by atoms with E-state index in [-0.39, 0.29) is 22.6 Å². The number of fused-ring (bicyclic) bond motifs is 1. The predicted molar refractivity (Wildman–Crippen MR) is 166 cm³/mol. The number of benzene rings is 3. The first-order valence-corrected chi connectivity index (χ1v) is 15.8. The Bertz CT molecular complexity index is 1440. The van der Waals surface area contributed by atoms with Gasteiger partial charge in [0.15, 0.2) is 5.60 Å². The average molecular weight is 688 g/mol. The zero-order valence-corrected chi connectivity index (χ0v) is 27.0. The van der Waals surface area contributed by atoms with Crippen LogP contribution < -0.4 is 0 Å². The molecule has 0 saturated carbocycles. The number of hydrogen-bond donors (Lipinski definition) is 3. The van der Waals surface area contributed by atoms with Gasteiger partial charge in [-0.05, 0) is 72.2 Å². The van der Waals surface area contributed by atoms with Crippen molar-refractivity contribution in [1.82, 2.24) is 0 Å². The maximum atomic E-state index is 13.6. The molecule has 0 bridgehead atoms. The molecule has 0 aliphatic carbocycles. The number of carboxylic acids is 1. The minimum absolute atomic E-state index is 0.0322. The van der Waals surface area contributed by atoms with Gasteiger partial charge in [-0.25, -0.2) is 9.59 Å². The Morgan fingerprint density at radius 1 is 0.732 bits per heavy atom. The van der Waals surface area contributed by atoms with Crippen LogP contribution in [0, 0.1) is 0 Å². The van der Waals surface area contributed by atoms with Crippen LogP contribution in [0.1, 0.15) is 113 Å². The minimum atomic E-state index is -1.57. The molecule has 0 amide bonds. The van der Waals surface area contributed by atoms with E-state index in [9.17, 15) is 24.9 Å². The molecule has 0 atom stereocenters. The molecule has 0 spiro atoms. The number of aromatic carboxylic acids is 1. The van der Waals surface area contributed by atoms with E-state index in [0.29, 0.717) is 51.3 Å². The first-order valence-electron chi connectivity index (χ1n) is 14.3. The van der Waals surface area contributed by atoms with E-state index in [1.165, 1.54) is 12.1 Å². The van der Waals surface area contributed by atoms with Crippen LogP contribution in [0.5, 0.6) is 11.5 Å². The van der Waals surface area contributed by atoms with Crippen molar-refractivity contribution in [3.05, 3.63) is 89.3 Å². The molecule has 1 aliphatic rings. The van der Waals surface area contributed by atoms with Crippen LogP contribution in [0.2, 0.25) is 0 Å². The van der Waals surface area contributed by atoms with Crippen LogP contribution in [0.25, 0.3) is 0 Å². The molecule has 41 heavy (non-hydrogen) atoms. The first kappa shape index (κ1) is 31.1. The highest BCUT2D eigenvalue weighted by atomic mass is 79.9. The Morgan fingerprint density at radius 2 is 1.17 bits per heavy atom.